The first kappa shape index (κ1) is 15.7. The molecule has 0 aliphatic carbocycles. The molecule has 1 aromatic heterocycles. The molecule has 0 radical (unpaired) electrons. The molecule has 1 heterocycles. The van der Waals surface area contributed by atoms with Crippen molar-refractivity contribution >= 4 is 26.9 Å². The molecule has 0 aliphatic rings. The van der Waals surface area contributed by atoms with Crippen LogP contribution in [0.3, 0.4) is 0 Å². The fourth-order valence-corrected chi connectivity index (χ4v) is 2.45. The van der Waals surface area contributed by atoms with Crippen LogP contribution in [0.5, 0.6) is 0 Å². The Kier molecular flexibility index (Phi) is 4.02. The van der Waals surface area contributed by atoms with Gasteiger partial charge in [-0.25, -0.2) is 4.98 Å². The van der Waals surface area contributed by atoms with Gasteiger partial charge in [0, 0.05) is 5.69 Å². The van der Waals surface area contributed by atoms with Crippen LogP contribution < -0.4 is 0 Å². The third kappa shape index (κ3) is 3.11. The molecule has 3 rings (SSSR count). The van der Waals surface area contributed by atoms with Crippen LogP contribution in [0.2, 0.25) is 0 Å². The predicted molar refractivity (Wildman–Crippen MR) is 89.1 cm³/mol. The molecule has 120 valence electrons. The maximum Gasteiger partial charge on any atom is 0.325 e. The Labute approximate surface area is 138 Å². The largest absolute Gasteiger partial charge is 0.325 e. The number of hydrogen-bond acceptors (Lipinski definition) is 6. The van der Waals surface area contributed by atoms with Gasteiger partial charge in [-0.05, 0) is 24.3 Å². The van der Waals surface area contributed by atoms with E-state index in [1.807, 2.05) is 54.6 Å². The second-order valence-electron chi connectivity index (χ2n) is 4.93. The van der Waals surface area contributed by atoms with Crippen LogP contribution in [0, 0.1) is 11.3 Å². The predicted octanol–water partition coefficient (Wildman–Crippen LogP) is 2.23. The number of fused-ring (bicyclic) bond motifs is 1. The van der Waals surface area contributed by atoms with Crippen molar-refractivity contribution in [3.05, 3.63) is 60.4 Å². The topological polar surface area (TPSA) is 97.3 Å². The second kappa shape index (κ2) is 6.14. The van der Waals surface area contributed by atoms with E-state index in [1.54, 1.807) is 10.6 Å². The molecule has 8 heteroatoms. The van der Waals surface area contributed by atoms with Crippen molar-refractivity contribution < 1.29 is 12.7 Å². The van der Waals surface area contributed by atoms with E-state index < -0.39 is 10.1 Å². The van der Waals surface area contributed by atoms with Crippen LogP contribution in [0.25, 0.3) is 16.7 Å². The van der Waals surface area contributed by atoms with Crippen molar-refractivity contribution in [2.24, 2.45) is 5.16 Å². The summed E-state index contributed by atoms with van der Waals surface area (Å²) >= 11 is 0. The van der Waals surface area contributed by atoms with Gasteiger partial charge in [0.1, 0.15) is 6.07 Å². The molecule has 0 bridgehead atoms. The fourth-order valence-electron chi connectivity index (χ4n) is 2.24. The highest BCUT2D eigenvalue weighted by Crippen LogP contribution is 2.22. The molecule has 2 aromatic carbocycles. The summed E-state index contributed by atoms with van der Waals surface area (Å²) in [5.41, 5.74) is 1.95. The lowest BCUT2D eigenvalue weighted by Gasteiger charge is -2.07. The molecule has 0 saturated heterocycles. The Morgan fingerprint density at radius 3 is 2.50 bits per heavy atom. The van der Waals surface area contributed by atoms with Gasteiger partial charge < -0.3 is 0 Å². The summed E-state index contributed by atoms with van der Waals surface area (Å²) in [6, 6.07) is 18.4. The number of para-hydroxylation sites is 3. The zero-order valence-electron chi connectivity index (χ0n) is 12.6. The van der Waals surface area contributed by atoms with Crippen LogP contribution in [0.15, 0.2) is 59.8 Å². The van der Waals surface area contributed by atoms with Crippen molar-refractivity contribution in [3.63, 3.8) is 0 Å². The SMILES string of the molecule is CS(=O)(=O)O/N=C(\C#N)c1nc2ccccc2n1-c1ccccc1. The highest BCUT2D eigenvalue weighted by molar-refractivity contribution is 7.85. The Bertz CT molecular complexity index is 1060. The van der Waals surface area contributed by atoms with Crippen molar-refractivity contribution in [1.29, 1.82) is 5.26 Å². The van der Waals surface area contributed by atoms with E-state index in [2.05, 4.69) is 14.4 Å². The minimum Gasteiger partial charge on any atom is -0.290 e. The molecule has 7 nitrogen and oxygen atoms in total. The summed E-state index contributed by atoms with van der Waals surface area (Å²) in [5.74, 6) is 0.202. The number of aromatic nitrogens is 2. The summed E-state index contributed by atoms with van der Waals surface area (Å²) < 4.78 is 28.4. The number of oxime groups is 1. The van der Waals surface area contributed by atoms with Gasteiger partial charge >= 0.3 is 10.1 Å². The molecule has 0 fully saturated rings. The van der Waals surface area contributed by atoms with Crippen LogP contribution in [0.1, 0.15) is 5.82 Å². The third-order valence-corrected chi connectivity index (χ3v) is 3.50. The number of benzene rings is 2. The van der Waals surface area contributed by atoms with Crippen molar-refractivity contribution in [2.75, 3.05) is 6.26 Å². The summed E-state index contributed by atoms with van der Waals surface area (Å²) in [4.78, 5) is 4.40. The summed E-state index contributed by atoms with van der Waals surface area (Å²) in [6.45, 7) is 0. The van der Waals surface area contributed by atoms with Gasteiger partial charge in [-0.3, -0.25) is 8.85 Å². The number of nitriles is 1. The van der Waals surface area contributed by atoms with Gasteiger partial charge in [0.25, 0.3) is 0 Å². The highest BCUT2D eigenvalue weighted by Gasteiger charge is 2.18. The zero-order valence-corrected chi connectivity index (χ0v) is 13.4. The molecule has 0 atom stereocenters. The van der Waals surface area contributed by atoms with Gasteiger partial charge in [-0.2, -0.15) is 13.7 Å². The smallest absolute Gasteiger partial charge is 0.290 e. The van der Waals surface area contributed by atoms with Crippen LogP contribution in [-0.2, 0) is 14.4 Å². The minimum absolute atomic E-state index is 0.202. The molecule has 24 heavy (non-hydrogen) atoms. The van der Waals surface area contributed by atoms with E-state index in [0.29, 0.717) is 5.52 Å². The lowest BCUT2D eigenvalue weighted by Crippen LogP contribution is -2.10. The molecule has 0 spiro atoms. The first-order chi connectivity index (χ1) is 11.5. The Hall–Kier alpha value is -3.18. The quantitative estimate of drug-likeness (QED) is 0.536. The molecule has 0 saturated carbocycles. The van der Waals surface area contributed by atoms with E-state index in [0.717, 1.165) is 17.5 Å². The number of rotatable bonds is 4. The Balaban J connectivity index is 2.26. The van der Waals surface area contributed by atoms with Gasteiger partial charge in [0.2, 0.25) is 5.71 Å². The molecular weight excluding hydrogens is 328 g/mol. The number of imidazole rings is 1. The summed E-state index contributed by atoms with van der Waals surface area (Å²) in [6.07, 6.45) is 0.853. The Morgan fingerprint density at radius 2 is 1.83 bits per heavy atom. The van der Waals surface area contributed by atoms with Crippen LogP contribution >= 0.6 is 0 Å². The third-order valence-electron chi connectivity index (χ3n) is 3.16. The van der Waals surface area contributed by atoms with Gasteiger partial charge in [0.15, 0.2) is 5.82 Å². The molecule has 0 aliphatic heterocycles. The average molecular weight is 340 g/mol. The second-order valence-corrected chi connectivity index (χ2v) is 6.48. The monoisotopic (exact) mass is 340 g/mol. The van der Waals surface area contributed by atoms with Gasteiger partial charge in [0.05, 0.1) is 17.3 Å². The minimum atomic E-state index is -3.82. The first-order valence-electron chi connectivity index (χ1n) is 6.89. The standard InChI is InChI=1S/C16H12N4O3S/c1-24(21,22)23-19-14(11-17)16-18-13-9-5-6-10-15(13)20(16)12-7-3-2-4-8-12/h2-10H,1H3/b19-14+. The number of nitrogens with zero attached hydrogens (tertiary/aromatic N) is 4. The van der Waals surface area contributed by atoms with Gasteiger partial charge in [-0.1, -0.05) is 35.5 Å². The fraction of sp³-hybridized carbons (Fsp3) is 0.0625. The van der Waals surface area contributed by atoms with E-state index in [4.69, 9.17) is 0 Å². The maximum absolute atomic E-state index is 11.1. The molecule has 0 N–H and O–H groups in total. The van der Waals surface area contributed by atoms with Crippen molar-refractivity contribution in [1.82, 2.24) is 9.55 Å². The zero-order chi connectivity index (χ0) is 17.2. The van der Waals surface area contributed by atoms with Crippen LogP contribution in [-0.4, -0.2) is 29.9 Å². The number of hydrogen-bond donors (Lipinski definition) is 0. The van der Waals surface area contributed by atoms with Crippen molar-refractivity contribution in [3.8, 4) is 11.8 Å². The molecular formula is C16H12N4O3S. The normalized spacial score (nSPS) is 12.1. The Morgan fingerprint density at radius 1 is 1.17 bits per heavy atom. The maximum atomic E-state index is 11.1. The summed E-state index contributed by atoms with van der Waals surface area (Å²) in [7, 11) is -3.82. The highest BCUT2D eigenvalue weighted by atomic mass is 32.2. The summed E-state index contributed by atoms with van der Waals surface area (Å²) in [5, 5.41) is 12.8. The van der Waals surface area contributed by atoms with E-state index in [-0.39, 0.29) is 11.5 Å². The lowest BCUT2D eigenvalue weighted by molar-refractivity contribution is 0.343. The average Bonchev–Trinajstić information content (AvgIpc) is 2.94. The molecule has 3 aromatic rings. The van der Waals surface area contributed by atoms with E-state index >= 15 is 0 Å². The molecule has 0 amide bonds. The van der Waals surface area contributed by atoms with Crippen molar-refractivity contribution in [2.45, 2.75) is 0 Å². The van der Waals surface area contributed by atoms with E-state index in [9.17, 15) is 13.7 Å². The first-order valence-corrected chi connectivity index (χ1v) is 8.71. The van der Waals surface area contributed by atoms with Crippen LogP contribution in [0.4, 0.5) is 0 Å². The van der Waals surface area contributed by atoms with E-state index in [1.165, 1.54) is 0 Å². The lowest BCUT2D eigenvalue weighted by atomic mass is 10.2. The molecule has 0 unspecified atom stereocenters. The van der Waals surface area contributed by atoms with Gasteiger partial charge in [-0.15, -0.1) is 0 Å².